The highest BCUT2D eigenvalue weighted by molar-refractivity contribution is 6.08. The zero-order valence-corrected chi connectivity index (χ0v) is 14.5. The van der Waals surface area contributed by atoms with E-state index in [0.29, 0.717) is 24.3 Å². The van der Waals surface area contributed by atoms with Crippen LogP contribution in [0.2, 0.25) is 0 Å². The molecule has 2 bridgehead atoms. The monoisotopic (exact) mass is 366 g/mol. The molecule has 2 aliphatic heterocycles. The predicted octanol–water partition coefficient (Wildman–Crippen LogP) is 1.28. The zero-order chi connectivity index (χ0) is 18.7. The van der Waals surface area contributed by atoms with Crippen LogP contribution in [0.3, 0.4) is 0 Å². The van der Waals surface area contributed by atoms with Crippen LogP contribution in [0.5, 0.6) is 5.75 Å². The van der Waals surface area contributed by atoms with Gasteiger partial charge in [-0.3, -0.25) is 19.3 Å². The third-order valence-corrected chi connectivity index (χ3v) is 6.05. The summed E-state index contributed by atoms with van der Waals surface area (Å²) in [5.74, 6) is -1.24. The van der Waals surface area contributed by atoms with Crippen molar-refractivity contribution in [3.8, 4) is 5.75 Å². The van der Waals surface area contributed by atoms with Crippen LogP contribution in [0.4, 0.5) is 5.69 Å². The van der Waals surface area contributed by atoms with E-state index in [2.05, 4.69) is 5.32 Å². The Morgan fingerprint density at radius 1 is 1.07 bits per heavy atom. The van der Waals surface area contributed by atoms with E-state index in [4.69, 9.17) is 4.74 Å². The SMILES string of the molecule is O=C1CCc2cc(OC(=O)CN3C(=O)[C@H]4[C@H](C3=O)[C@H]3C=C[C@H]4C3)ccc2N1. The molecule has 7 heteroatoms. The van der Waals surface area contributed by atoms with Crippen molar-refractivity contribution in [2.45, 2.75) is 19.3 Å². The number of esters is 1. The second-order valence-electron chi connectivity index (χ2n) is 7.60. The van der Waals surface area contributed by atoms with Crippen molar-refractivity contribution in [3.05, 3.63) is 35.9 Å². The van der Waals surface area contributed by atoms with Gasteiger partial charge in [0.25, 0.3) is 0 Å². The van der Waals surface area contributed by atoms with E-state index in [0.717, 1.165) is 16.9 Å². The van der Waals surface area contributed by atoms with Crippen LogP contribution >= 0.6 is 0 Å². The summed E-state index contributed by atoms with van der Waals surface area (Å²) in [6.45, 7) is -0.363. The highest BCUT2D eigenvalue weighted by Gasteiger charge is 2.59. The molecule has 1 saturated heterocycles. The van der Waals surface area contributed by atoms with Gasteiger partial charge in [0.2, 0.25) is 17.7 Å². The summed E-state index contributed by atoms with van der Waals surface area (Å²) in [5, 5.41) is 2.76. The van der Waals surface area contributed by atoms with E-state index in [1.807, 2.05) is 12.2 Å². The number of amides is 3. The highest BCUT2D eigenvalue weighted by Crippen LogP contribution is 2.52. The number of rotatable bonds is 3. The maximum atomic E-state index is 12.6. The Labute approximate surface area is 155 Å². The Bertz CT molecular complexity index is 891. The van der Waals surface area contributed by atoms with Crippen molar-refractivity contribution in [2.24, 2.45) is 23.7 Å². The minimum absolute atomic E-state index is 0.0349. The minimum Gasteiger partial charge on any atom is -0.425 e. The summed E-state index contributed by atoms with van der Waals surface area (Å²) < 4.78 is 5.34. The van der Waals surface area contributed by atoms with Crippen molar-refractivity contribution >= 4 is 29.4 Å². The number of hydrogen-bond donors (Lipinski definition) is 1. The number of carbonyl (C=O) groups excluding carboxylic acids is 4. The molecule has 2 heterocycles. The van der Waals surface area contributed by atoms with E-state index in [1.165, 1.54) is 0 Å². The van der Waals surface area contributed by atoms with Crippen LogP contribution in [-0.4, -0.2) is 35.1 Å². The third kappa shape index (κ3) is 2.49. The van der Waals surface area contributed by atoms with Crippen LogP contribution in [0.1, 0.15) is 18.4 Å². The number of hydrogen-bond acceptors (Lipinski definition) is 5. The molecule has 1 aromatic carbocycles. The largest absolute Gasteiger partial charge is 0.425 e. The summed E-state index contributed by atoms with van der Waals surface area (Å²) >= 11 is 0. The molecule has 7 nitrogen and oxygen atoms in total. The molecule has 0 spiro atoms. The van der Waals surface area contributed by atoms with Gasteiger partial charge in [0.15, 0.2) is 0 Å². The minimum atomic E-state index is -0.642. The lowest BCUT2D eigenvalue weighted by atomic mass is 9.85. The van der Waals surface area contributed by atoms with Crippen molar-refractivity contribution < 1.29 is 23.9 Å². The number of likely N-dealkylation sites (tertiary alicyclic amines) is 1. The average Bonchev–Trinajstić information content (AvgIpc) is 3.32. The van der Waals surface area contributed by atoms with E-state index in [9.17, 15) is 19.2 Å². The fourth-order valence-electron chi connectivity index (χ4n) is 4.84. The fraction of sp³-hybridized carbons (Fsp3) is 0.400. The number of anilines is 1. The third-order valence-electron chi connectivity index (χ3n) is 6.05. The molecule has 5 rings (SSSR count). The number of benzene rings is 1. The normalized spacial score (nSPS) is 30.4. The van der Waals surface area contributed by atoms with Crippen molar-refractivity contribution in [2.75, 3.05) is 11.9 Å². The molecule has 1 N–H and O–H groups in total. The van der Waals surface area contributed by atoms with Gasteiger partial charge in [0, 0.05) is 12.1 Å². The highest BCUT2D eigenvalue weighted by atomic mass is 16.5. The first-order valence-electron chi connectivity index (χ1n) is 9.18. The van der Waals surface area contributed by atoms with Crippen molar-refractivity contribution in [1.29, 1.82) is 0 Å². The van der Waals surface area contributed by atoms with E-state index in [-0.39, 0.29) is 47.9 Å². The van der Waals surface area contributed by atoms with Crippen LogP contribution in [-0.2, 0) is 25.6 Å². The van der Waals surface area contributed by atoms with E-state index < -0.39 is 5.97 Å². The van der Waals surface area contributed by atoms with Crippen LogP contribution in [0.25, 0.3) is 0 Å². The number of carbonyl (C=O) groups is 4. The van der Waals surface area contributed by atoms with Gasteiger partial charge in [-0.2, -0.15) is 0 Å². The second kappa shape index (κ2) is 5.77. The molecule has 0 unspecified atom stereocenters. The quantitative estimate of drug-likeness (QED) is 0.377. The molecular weight excluding hydrogens is 348 g/mol. The number of nitrogens with one attached hydrogen (secondary N) is 1. The molecule has 2 aliphatic carbocycles. The summed E-state index contributed by atoms with van der Waals surface area (Å²) in [4.78, 5) is 50.0. The number of ether oxygens (including phenoxy) is 1. The Morgan fingerprint density at radius 3 is 2.48 bits per heavy atom. The molecule has 4 aliphatic rings. The lowest BCUT2D eigenvalue weighted by molar-refractivity contribution is -0.148. The Hall–Kier alpha value is -2.96. The summed E-state index contributed by atoms with van der Waals surface area (Å²) in [5.41, 5.74) is 1.61. The molecular formula is C20H18N2O5. The van der Waals surface area contributed by atoms with Gasteiger partial charge < -0.3 is 10.1 Å². The fourth-order valence-corrected chi connectivity index (χ4v) is 4.84. The van der Waals surface area contributed by atoms with Gasteiger partial charge in [-0.05, 0) is 48.4 Å². The number of nitrogens with zero attached hydrogens (tertiary/aromatic N) is 1. The van der Waals surface area contributed by atoms with Gasteiger partial charge >= 0.3 is 5.97 Å². The smallest absolute Gasteiger partial charge is 0.331 e. The predicted molar refractivity (Wildman–Crippen MR) is 93.5 cm³/mol. The molecule has 0 radical (unpaired) electrons. The van der Waals surface area contributed by atoms with Crippen molar-refractivity contribution in [1.82, 2.24) is 4.90 Å². The molecule has 4 atom stereocenters. The second-order valence-corrected chi connectivity index (χ2v) is 7.60. The average molecular weight is 366 g/mol. The summed E-state index contributed by atoms with van der Waals surface area (Å²) in [6.07, 6.45) is 5.86. The van der Waals surface area contributed by atoms with Crippen molar-refractivity contribution in [3.63, 3.8) is 0 Å². The molecule has 2 fully saturated rings. The molecule has 0 aromatic heterocycles. The Balaban J connectivity index is 1.27. The first kappa shape index (κ1) is 16.2. The van der Waals surface area contributed by atoms with Gasteiger partial charge in [-0.25, -0.2) is 4.79 Å². The van der Waals surface area contributed by atoms with Crippen LogP contribution < -0.4 is 10.1 Å². The van der Waals surface area contributed by atoms with Gasteiger partial charge in [0.1, 0.15) is 12.3 Å². The maximum absolute atomic E-state index is 12.6. The number of fused-ring (bicyclic) bond motifs is 6. The number of allylic oxidation sites excluding steroid dienone is 2. The lowest BCUT2D eigenvalue weighted by Gasteiger charge is -2.18. The Morgan fingerprint density at radius 2 is 1.78 bits per heavy atom. The first-order chi connectivity index (χ1) is 13.0. The van der Waals surface area contributed by atoms with Gasteiger partial charge in [0.05, 0.1) is 11.8 Å². The summed E-state index contributed by atoms with van der Waals surface area (Å²) in [6, 6.07) is 4.99. The zero-order valence-electron chi connectivity index (χ0n) is 14.5. The first-order valence-corrected chi connectivity index (χ1v) is 9.18. The van der Waals surface area contributed by atoms with E-state index in [1.54, 1.807) is 18.2 Å². The molecule has 1 saturated carbocycles. The standard InChI is InChI=1S/C20H18N2O5/c23-15-6-3-10-8-13(4-5-14(10)21-15)27-16(24)9-22-19(25)17-11-1-2-12(7-11)18(17)20(22)26/h1-2,4-5,8,11-12,17-18H,3,6-7,9H2,(H,21,23)/t11-,12-,17+,18+/m0/s1. The van der Waals surface area contributed by atoms with Crippen LogP contribution in [0.15, 0.2) is 30.4 Å². The lowest BCUT2D eigenvalue weighted by Crippen LogP contribution is -2.38. The molecule has 3 amide bonds. The maximum Gasteiger partial charge on any atom is 0.331 e. The molecule has 138 valence electrons. The van der Waals surface area contributed by atoms with Crippen LogP contribution in [0, 0.1) is 23.7 Å². The van der Waals surface area contributed by atoms with E-state index >= 15 is 0 Å². The van der Waals surface area contributed by atoms with Gasteiger partial charge in [-0.15, -0.1) is 0 Å². The Kier molecular flexibility index (Phi) is 3.47. The number of aryl methyl sites for hydroxylation is 1. The topological polar surface area (TPSA) is 92.8 Å². The van der Waals surface area contributed by atoms with Gasteiger partial charge in [-0.1, -0.05) is 12.2 Å². The molecule has 27 heavy (non-hydrogen) atoms. The summed E-state index contributed by atoms with van der Waals surface area (Å²) in [7, 11) is 0. The molecule has 1 aromatic rings. The number of imide groups is 1.